The van der Waals surface area contributed by atoms with Crippen molar-refractivity contribution < 1.29 is 9.59 Å². The van der Waals surface area contributed by atoms with Gasteiger partial charge in [-0.15, -0.1) is 11.8 Å². The molecule has 0 saturated carbocycles. The highest BCUT2D eigenvalue weighted by atomic mass is 32.2. The van der Waals surface area contributed by atoms with E-state index in [0.717, 1.165) is 21.7 Å². The molecule has 0 aliphatic carbocycles. The molecular formula is C24H25N3O3S. The van der Waals surface area contributed by atoms with Crippen molar-refractivity contribution in [1.82, 2.24) is 9.88 Å². The first kappa shape index (κ1) is 22.4. The summed E-state index contributed by atoms with van der Waals surface area (Å²) in [5.74, 6) is -0.161. The van der Waals surface area contributed by atoms with Crippen LogP contribution in [0.5, 0.6) is 0 Å². The van der Waals surface area contributed by atoms with E-state index in [2.05, 4.69) is 10.6 Å². The summed E-state index contributed by atoms with van der Waals surface area (Å²) < 4.78 is 1.65. The van der Waals surface area contributed by atoms with E-state index in [9.17, 15) is 14.4 Å². The summed E-state index contributed by atoms with van der Waals surface area (Å²) >= 11 is 1.46. The van der Waals surface area contributed by atoms with Crippen LogP contribution < -0.4 is 16.2 Å². The summed E-state index contributed by atoms with van der Waals surface area (Å²) in [4.78, 5) is 36.3. The summed E-state index contributed by atoms with van der Waals surface area (Å²) in [6, 6.07) is 20.4. The molecule has 1 heterocycles. The van der Waals surface area contributed by atoms with Crippen molar-refractivity contribution in [2.24, 2.45) is 0 Å². The summed E-state index contributed by atoms with van der Waals surface area (Å²) in [5, 5.41) is 5.43. The normalized spacial score (nSPS) is 11.5. The fourth-order valence-corrected chi connectivity index (χ4v) is 3.85. The van der Waals surface area contributed by atoms with Gasteiger partial charge in [0.1, 0.15) is 0 Å². The zero-order valence-corrected chi connectivity index (χ0v) is 18.3. The highest BCUT2D eigenvalue weighted by molar-refractivity contribution is 8.00. The maximum Gasteiger partial charge on any atom is 0.250 e. The van der Waals surface area contributed by atoms with Crippen molar-refractivity contribution in [3.8, 4) is 0 Å². The number of carbonyl (C=O) groups excluding carboxylic acids is 2. The van der Waals surface area contributed by atoms with Crippen molar-refractivity contribution in [1.29, 1.82) is 0 Å². The third-order valence-electron chi connectivity index (χ3n) is 4.60. The van der Waals surface area contributed by atoms with Crippen LogP contribution in [0.3, 0.4) is 0 Å². The lowest BCUT2D eigenvalue weighted by molar-refractivity contribution is -0.120. The van der Waals surface area contributed by atoms with Crippen LogP contribution in [-0.4, -0.2) is 21.6 Å². The minimum Gasteiger partial charge on any atom is -0.351 e. The Balaban J connectivity index is 1.49. The van der Waals surface area contributed by atoms with Crippen LogP contribution >= 0.6 is 11.8 Å². The van der Waals surface area contributed by atoms with Gasteiger partial charge in [0.05, 0.1) is 11.8 Å². The number of carbonyl (C=O) groups is 2. The van der Waals surface area contributed by atoms with Gasteiger partial charge in [-0.1, -0.05) is 30.3 Å². The van der Waals surface area contributed by atoms with Gasteiger partial charge in [0, 0.05) is 36.3 Å². The molecule has 2 N–H and O–H groups in total. The Morgan fingerprint density at radius 1 is 0.968 bits per heavy atom. The van der Waals surface area contributed by atoms with Crippen LogP contribution in [0.2, 0.25) is 0 Å². The number of aromatic nitrogens is 1. The summed E-state index contributed by atoms with van der Waals surface area (Å²) in [7, 11) is 0. The van der Waals surface area contributed by atoms with E-state index in [1.165, 1.54) is 18.7 Å². The van der Waals surface area contributed by atoms with Gasteiger partial charge in [-0.2, -0.15) is 0 Å². The lowest BCUT2D eigenvalue weighted by Gasteiger charge is -2.13. The van der Waals surface area contributed by atoms with E-state index in [-0.39, 0.29) is 22.6 Å². The fraction of sp³-hybridized carbons (Fsp3) is 0.208. The van der Waals surface area contributed by atoms with Gasteiger partial charge in [0.15, 0.2) is 0 Å². The number of hydrogen-bond donors (Lipinski definition) is 2. The van der Waals surface area contributed by atoms with E-state index < -0.39 is 0 Å². The number of nitrogens with zero attached hydrogens (tertiary/aromatic N) is 1. The fourth-order valence-electron chi connectivity index (χ4n) is 2.96. The molecule has 0 saturated heterocycles. The molecule has 31 heavy (non-hydrogen) atoms. The predicted octanol–water partition coefficient (Wildman–Crippen LogP) is 3.65. The van der Waals surface area contributed by atoms with E-state index in [1.54, 1.807) is 22.9 Å². The molecule has 1 atom stereocenters. The Bertz CT molecular complexity index is 1090. The second-order valence-corrected chi connectivity index (χ2v) is 8.58. The SMILES string of the molecule is CC(=O)Nc1ccc(SC(C)C(=O)NCc2ccc(Cn3ccccc3=O)cc2)cc1. The number of hydrogen-bond acceptors (Lipinski definition) is 4. The molecule has 7 heteroatoms. The number of rotatable bonds is 8. The molecule has 0 spiro atoms. The summed E-state index contributed by atoms with van der Waals surface area (Å²) in [6.45, 7) is 4.28. The topological polar surface area (TPSA) is 80.2 Å². The van der Waals surface area contributed by atoms with Gasteiger partial charge in [-0.25, -0.2) is 0 Å². The summed E-state index contributed by atoms with van der Waals surface area (Å²) in [5.41, 5.74) is 2.72. The molecule has 0 bridgehead atoms. The molecule has 0 fully saturated rings. The average molecular weight is 436 g/mol. The van der Waals surface area contributed by atoms with Crippen molar-refractivity contribution in [3.63, 3.8) is 0 Å². The quantitative estimate of drug-likeness (QED) is 0.529. The Labute approximate surface area is 185 Å². The van der Waals surface area contributed by atoms with E-state index >= 15 is 0 Å². The van der Waals surface area contributed by atoms with Gasteiger partial charge in [-0.05, 0) is 48.4 Å². The maximum absolute atomic E-state index is 12.5. The van der Waals surface area contributed by atoms with Gasteiger partial charge < -0.3 is 15.2 Å². The number of nitrogens with one attached hydrogen (secondary N) is 2. The van der Waals surface area contributed by atoms with Crippen LogP contribution in [-0.2, 0) is 22.7 Å². The summed E-state index contributed by atoms with van der Waals surface area (Å²) in [6.07, 6.45) is 1.77. The van der Waals surface area contributed by atoms with Crippen molar-refractivity contribution in [2.75, 3.05) is 5.32 Å². The zero-order chi connectivity index (χ0) is 22.2. The first-order valence-corrected chi connectivity index (χ1v) is 10.8. The molecule has 2 aromatic carbocycles. The van der Waals surface area contributed by atoms with E-state index in [0.29, 0.717) is 13.1 Å². The second kappa shape index (κ2) is 10.6. The minimum absolute atomic E-state index is 0.0323. The molecule has 0 radical (unpaired) electrons. The number of pyridine rings is 1. The molecule has 1 aromatic heterocycles. The number of anilines is 1. The van der Waals surface area contributed by atoms with Gasteiger partial charge in [0.2, 0.25) is 11.8 Å². The molecule has 1 unspecified atom stereocenters. The van der Waals surface area contributed by atoms with Crippen LogP contribution in [0.1, 0.15) is 25.0 Å². The van der Waals surface area contributed by atoms with E-state index in [1.807, 2.05) is 61.5 Å². The highest BCUT2D eigenvalue weighted by Crippen LogP contribution is 2.25. The highest BCUT2D eigenvalue weighted by Gasteiger charge is 2.14. The molecule has 2 amide bonds. The first-order chi connectivity index (χ1) is 14.9. The van der Waals surface area contributed by atoms with Crippen molar-refractivity contribution in [2.45, 2.75) is 37.1 Å². The van der Waals surface area contributed by atoms with Gasteiger partial charge in [0.25, 0.3) is 5.56 Å². The third-order valence-corrected chi connectivity index (χ3v) is 5.71. The number of benzene rings is 2. The predicted molar refractivity (Wildman–Crippen MR) is 124 cm³/mol. The Morgan fingerprint density at radius 3 is 2.29 bits per heavy atom. The molecule has 0 aliphatic rings. The maximum atomic E-state index is 12.5. The van der Waals surface area contributed by atoms with Crippen molar-refractivity contribution in [3.05, 3.63) is 94.4 Å². The Morgan fingerprint density at radius 2 is 1.65 bits per heavy atom. The lowest BCUT2D eigenvalue weighted by Crippen LogP contribution is -2.30. The van der Waals surface area contributed by atoms with Crippen LogP contribution in [0.15, 0.2) is 82.6 Å². The van der Waals surface area contributed by atoms with E-state index in [4.69, 9.17) is 0 Å². The van der Waals surface area contributed by atoms with Crippen LogP contribution in [0.4, 0.5) is 5.69 Å². The van der Waals surface area contributed by atoms with Gasteiger partial charge in [-0.3, -0.25) is 14.4 Å². The molecule has 6 nitrogen and oxygen atoms in total. The number of amides is 2. The second-order valence-electron chi connectivity index (χ2n) is 7.17. The Kier molecular flexibility index (Phi) is 7.67. The smallest absolute Gasteiger partial charge is 0.250 e. The molecule has 3 rings (SSSR count). The largest absolute Gasteiger partial charge is 0.351 e. The third kappa shape index (κ3) is 6.86. The first-order valence-electron chi connectivity index (χ1n) is 9.96. The zero-order valence-electron chi connectivity index (χ0n) is 17.5. The van der Waals surface area contributed by atoms with Crippen molar-refractivity contribution >= 4 is 29.3 Å². The molecule has 3 aromatic rings. The molecular weight excluding hydrogens is 410 g/mol. The monoisotopic (exact) mass is 435 g/mol. The van der Waals surface area contributed by atoms with Crippen LogP contribution in [0, 0.1) is 0 Å². The standard InChI is InChI=1S/C24H25N3O3S/c1-17(31-22-12-10-21(11-13-22)26-18(2)28)24(30)25-15-19-6-8-20(9-7-19)16-27-14-4-3-5-23(27)29/h3-14,17H,15-16H2,1-2H3,(H,25,30)(H,26,28). The minimum atomic E-state index is -0.254. The van der Waals surface area contributed by atoms with Crippen LogP contribution in [0.25, 0.3) is 0 Å². The average Bonchev–Trinajstić information content (AvgIpc) is 2.75. The molecule has 0 aliphatic heterocycles. The number of thioether (sulfide) groups is 1. The Hall–Kier alpha value is -3.32. The molecule has 160 valence electrons. The van der Waals surface area contributed by atoms with Gasteiger partial charge >= 0.3 is 0 Å². The lowest BCUT2D eigenvalue weighted by atomic mass is 10.1.